The molecule has 4 nitrogen and oxygen atoms in total. The maximum Gasteiger partial charge on any atom is 0.347 e. The third-order valence-electron chi connectivity index (χ3n) is 4.62. The van der Waals surface area contributed by atoms with Gasteiger partial charge in [-0.15, -0.1) is 0 Å². The van der Waals surface area contributed by atoms with E-state index in [0.717, 1.165) is 11.1 Å². The summed E-state index contributed by atoms with van der Waals surface area (Å²) in [6, 6.07) is 33.8. The van der Waals surface area contributed by atoms with Crippen molar-refractivity contribution < 1.29 is 19.0 Å². The van der Waals surface area contributed by atoms with E-state index in [2.05, 4.69) is 0 Å². The minimum Gasteiger partial charge on any atom is -0.485 e. The summed E-state index contributed by atoms with van der Waals surface area (Å²) in [5.41, 5.74) is 2.32. The van der Waals surface area contributed by atoms with Crippen LogP contribution in [0.25, 0.3) is 0 Å². The van der Waals surface area contributed by atoms with Crippen molar-refractivity contribution >= 4 is 5.97 Å². The van der Waals surface area contributed by atoms with Crippen LogP contribution in [0.3, 0.4) is 0 Å². The normalized spacial score (nSPS) is 10.3. The number of carbonyl (C=O) groups excluding carboxylic acids is 1. The van der Waals surface area contributed by atoms with E-state index in [-0.39, 0.29) is 0 Å². The first kappa shape index (κ1) is 20.2. The molecule has 0 atom stereocenters. The minimum absolute atomic E-state index is 0.304. The van der Waals surface area contributed by atoms with Gasteiger partial charge in [-0.25, -0.2) is 4.79 Å². The summed E-state index contributed by atoms with van der Waals surface area (Å²) in [6.07, 6.45) is 0. The van der Waals surface area contributed by atoms with Gasteiger partial charge >= 0.3 is 5.97 Å². The van der Waals surface area contributed by atoms with Crippen molar-refractivity contribution in [3.05, 3.63) is 126 Å². The van der Waals surface area contributed by atoms with Crippen molar-refractivity contribution in [3.63, 3.8) is 0 Å². The Morgan fingerprint density at radius 2 is 1.13 bits per heavy atom. The molecule has 4 heteroatoms. The van der Waals surface area contributed by atoms with Gasteiger partial charge in [0, 0.05) is 0 Å². The summed E-state index contributed by atoms with van der Waals surface area (Å²) < 4.78 is 17.6. The first-order valence-corrected chi connectivity index (χ1v) is 10.0. The fourth-order valence-electron chi connectivity index (χ4n) is 3.05. The summed E-state index contributed by atoms with van der Waals surface area (Å²) in [5, 5.41) is 0. The van der Waals surface area contributed by atoms with Crippen molar-refractivity contribution in [2.24, 2.45) is 0 Å². The van der Waals surface area contributed by atoms with E-state index in [1.54, 1.807) is 30.3 Å². The van der Waals surface area contributed by atoms with Crippen LogP contribution >= 0.6 is 0 Å². The monoisotopic (exact) mass is 410 g/mol. The molecule has 0 aliphatic heterocycles. The van der Waals surface area contributed by atoms with Crippen LogP contribution in [0.4, 0.5) is 0 Å². The largest absolute Gasteiger partial charge is 0.485 e. The van der Waals surface area contributed by atoms with E-state index < -0.39 is 5.97 Å². The lowest BCUT2D eigenvalue weighted by Gasteiger charge is -2.16. The van der Waals surface area contributed by atoms with Crippen molar-refractivity contribution in [1.82, 2.24) is 0 Å². The summed E-state index contributed by atoms with van der Waals surface area (Å²) in [7, 11) is 0. The molecular formula is C27H22O4. The van der Waals surface area contributed by atoms with Crippen molar-refractivity contribution in [3.8, 4) is 17.2 Å². The van der Waals surface area contributed by atoms with Gasteiger partial charge < -0.3 is 14.2 Å². The molecule has 0 N–H and O–H groups in total. The molecule has 0 bridgehead atoms. The molecule has 0 aromatic heterocycles. The van der Waals surface area contributed by atoms with Gasteiger partial charge in [0.15, 0.2) is 11.5 Å². The molecule has 4 aromatic rings. The van der Waals surface area contributed by atoms with Gasteiger partial charge in [-0.1, -0.05) is 84.9 Å². The third-order valence-corrected chi connectivity index (χ3v) is 4.62. The van der Waals surface area contributed by atoms with E-state index in [1.807, 2.05) is 78.9 Å². The van der Waals surface area contributed by atoms with E-state index in [9.17, 15) is 4.79 Å². The minimum atomic E-state index is -0.501. The lowest BCUT2D eigenvalue weighted by molar-refractivity contribution is 0.0728. The maximum atomic E-state index is 12.9. The Balaban J connectivity index is 1.60. The Labute approximate surface area is 181 Å². The van der Waals surface area contributed by atoms with Crippen molar-refractivity contribution in [2.45, 2.75) is 13.2 Å². The molecule has 31 heavy (non-hydrogen) atoms. The first-order valence-electron chi connectivity index (χ1n) is 10.0. The molecule has 0 aliphatic rings. The Bertz CT molecular complexity index is 1110. The van der Waals surface area contributed by atoms with Gasteiger partial charge in [0.05, 0.1) is 0 Å². The van der Waals surface area contributed by atoms with Crippen molar-refractivity contribution in [2.75, 3.05) is 0 Å². The predicted octanol–water partition coefficient (Wildman–Crippen LogP) is 6.06. The van der Waals surface area contributed by atoms with Crippen molar-refractivity contribution in [1.29, 1.82) is 0 Å². The van der Waals surface area contributed by atoms with Gasteiger partial charge in [0.25, 0.3) is 0 Å². The quantitative estimate of drug-likeness (QED) is 0.261. The smallest absolute Gasteiger partial charge is 0.347 e. The molecule has 0 saturated carbocycles. The standard InChI is InChI=1S/C27H22O4/c28-27(31-23-15-8-3-9-16-23)24-17-10-18-25(29-19-21-11-4-1-5-12-21)26(24)30-20-22-13-6-2-7-14-22/h1-18H,19-20H2. The van der Waals surface area contributed by atoms with Gasteiger partial charge in [-0.05, 0) is 35.4 Å². The SMILES string of the molecule is O=C(Oc1ccccc1)c1cccc(OCc2ccccc2)c1OCc1ccccc1. The molecule has 4 rings (SSSR count). The van der Waals surface area contributed by atoms with Crippen LogP contribution < -0.4 is 14.2 Å². The van der Waals surface area contributed by atoms with Gasteiger partial charge in [0.2, 0.25) is 0 Å². The molecule has 4 aromatic carbocycles. The van der Waals surface area contributed by atoms with Crippen LogP contribution in [-0.2, 0) is 13.2 Å². The number of benzene rings is 4. The maximum absolute atomic E-state index is 12.9. The zero-order valence-corrected chi connectivity index (χ0v) is 16.9. The van der Waals surface area contributed by atoms with Crippen LogP contribution in [0.2, 0.25) is 0 Å². The third kappa shape index (κ3) is 5.52. The first-order chi connectivity index (χ1) is 15.3. The number of ether oxygens (including phenoxy) is 3. The van der Waals surface area contributed by atoms with E-state index >= 15 is 0 Å². The zero-order valence-electron chi connectivity index (χ0n) is 16.9. The molecule has 0 fully saturated rings. The molecule has 0 radical (unpaired) electrons. The Hall–Kier alpha value is -4.05. The molecule has 0 spiro atoms. The second-order valence-corrected chi connectivity index (χ2v) is 6.88. The molecule has 0 unspecified atom stereocenters. The van der Waals surface area contributed by atoms with E-state index in [1.165, 1.54) is 0 Å². The summed E-state index contributed by atoms with van der Waals surface area (Å²) >= 11 is 0. The fraction of sp³-hybridized carbons (Fsp3) is 0.0741. The Kier molecular flexibility index (Phi) is 6.61. The molecule has 0 amide bonds. The van der Waals surface area contributed by atoms with Crippen LogP contribution in [-0.4, -0.2) is 5.97 Å². The number of hydrogen-bond donors (Lipinski definition) is 0. The van der Waals surface area contributed by atoms with Crippen LogP contribution in [0, 0.1) is 0 Å². The van der Waals surface area contributed by atoms with Crippen LogP contribution in [0.15, 0.2) is 109 Å². The highest BCUT2D eigenvalue weighted by atomic mass is 16.5. The van der Waals surface area contributed by atoms with Gasteiger partial charge in [-0.3, -0.25) is 0 Å². The molecule has 0 saturated heterocycles. The lowest BCUT2D eigenvalue weighted by Crippen LogP contribution is -2.12. The number of hydrogen-bond acceptors (Lipinski definition) is 4. The van der Waals surface area contributed by atoms with Crippen LogP contribution in [0.5, 0.6) is 17.2 Å². The zero-order chi connectivity index (χ0) is 21.3. The topological polar surface area (TPSA) is 44.8 Å². The molecule has 0 aliphatic carbocycles. The molecule has 0 heterocycles. The molecular weight excluding hydrogens is 388 g/mol. The average Bonchev–Trinajstić information content (AvgIpc) is 2.83. The lowest BCUT2D eigenvalue weighted by atomic mass is 10.1. The summed E-state index contributed by atoms with van der Waals surface area (Å²) in [5.74, 6) is 0.821. The fourth-order valence-corrected chi connectivity index (χ4v) is 3.05. The number of rotatable bonds is 8. The average molecular weight is 410 g/mol. The van der Waals surface area contributed by atoms with Gasteiger partial charge in [-0.2, -0.15) is 0 Å². The van der Waals surface area contributed by atoms with Crippen LogP contribution in [0.1, 0.15) is 21.5 Å². The molecule has 154 valence electrons. The second kappa shape index (κ2) is 10.1. The number of para-hydroxylation sites is 2. The number of carbonyl (C=O) groups is 1. The predicted molar refractivity (Wildman–Crippen MR) is 119 cm³/mol. The highest BCUT2D eigenvalue weighted by molar-refractivity contribution is 5.95. The Morgan fingerprint density at radius 3 is 1.74 bits per heavy atom. The van der Waals surface area contributed by atoms with E-state index in [4.69, 9.17) is 14.2 Å². The highest BCUT2D eigenvalue weighted by Crippen LogP contribution is 2.33. The summed E-state index contributed by atoms with van der Waals surface area (Å²) in [4.78, 5) is 12.9. The highest BCUT2D eigenvalue weighted by Gasteiger charge is 2.20. The second-order valence-electron chi connectivity index (χ2n) is 6.88. The summed E-state index contributed by atoms with van der Waals surface area (Å²) in [6.45, 7) is 0.665. The Morgan fingerprint density at radius 1 is 0.581 bits per heavy atom. The van der Waals surface area contributed by atoms with E-state index in [0.29, 0.717) is 36.0 Å². The number of esters is 1. The van der Waals surface area contributed by atoms with Gasteiger partial charge in [0.1, 0.15) is 24.5 Å².